The standard InChI is InChI=1S/C19H27N3O4S/c1-13(2)18(23)20-21-19(24)15-8-10-22(11-9-15)27(25,26)17-7-6-14-4-3-5-16(14)12-17/h6-7,12-13,15H,3-5,8-11H2,1-2H3,(H,20,23)(H,21,24). The molecule has 1 fully saturated rings. The Morgan fingerprint density at radius 2 is 1.74 bits per heavy atom. The smallest absolute Gasteiger partial charge is 0.243 e. The molecule has 1 aromatic rings. The molecule has 0 spiro atoms. The van der Waals surface area contributed by atoms with Gasteiger partial charge in [0.05, 0.1) is 4.90 Å². The predicted molar refractivity (Wildman–Crippen MR) is 101 cm³/mol. The van der Waals surface area contributed by atoms with Gasteiger partial charge in [-0.25, -0.2) is 8.42 Å². The lowest BCUT2D eigenvalue weighted by Gasteiger charge is -2.30. The van der Waals surface area contributed by atoms with Gasteiger partial charge in [-0.3, -0.25) is 20.4 Å². The third-order valence-electron chi connectivity index (χ3n) is 5.37. The number of aryl methyl sites for hydroxylation is 2. The van der Waals surface area contributed by atoms with Crippen LogP contribution in [-0.4, -0.2) is 37.6 Å². The Bertz CT molecular complexity index is 827. The SMILES string of the molecule is CC(C)C(=O)NNC(=O)C1CCN(S(=O)(=O)c2ccc3c(c2)CCC3)CC1. The van der Waals surface area contributed by atoms with Crippen LogP contribution in [0.25, 0.3) is 0 Å². The molecule has 2 aliphatic rings. The van der Waals surface area contributed by atoms with E-state index in [4.69, 9.17) is 0 Å². The number of carbonyl (C=O) groups excluding carboxylic acids is 2. The number of nitrogens with zero attached hydrogens (tertiary/aromatic N) is 1. The highest BCUT2D eigenvalue weighted by molar-refractivity contribution is 7.89. The number of hydrazine groups is 1. The molecule has 148 valence electrons. The van der Waals surface area contributed by atoms with Gasteiger partial charge in [-0.05, 0) is 55.4 Å². The largest absolute Gasteiger partial charge is 0.273 e. The molecule has 0 aromatic heterocycles. The van der Waals surface area contributed by atoms with E-state index < -0.39 is 10.0 Å². The van der Waals surface area contributed by atoms with E-state index in [1.165, 1.54) is 9.87 Å². The van der Waals surface area contributed by atoms with Gasteiger partial charge in [0.15, 0.2) is 0 Å². The summed E-state index contributed by atoms with van der Waals surface area (Å²) in [4.78, 5) is 24.1. The number of rotatable bonds is 4. The third-order valence-corrected chi connectivity index (χ3v) is 7.26. The summed E-state index contributed by atoms with van der Waals surface area (Å²) in [5.74, 6) is -1.04. The van der Waals surface area contributed by atoms with Gasteiger partial charge in [0.1, 0.15) is 0 Å². The average Bonchev–Trinajstić information content (AvgIpc) is 3.13. The number of sulfonamides is 1. The van der Waals surface area contributed by atoms with Crippen LogP contribution in [0, 0.1) is 11.8 Å². The fourth-order valence-electron chi connectivity index (χ4n) is 3.59. The Hall–Kier alpha value is -1.93. The lowest BCUT2D eigenvalue weighted by molar-refractivity contribution is -0.133. The first kappa shape index (κ1) is 19.8. The first-order valence-electron chi connectivity index (χ1n) is 9.50. The summed E-state index contributed by atoms with van der Waals surface area (Å²) in [5, 5.41) is 0. The van der Waals surface area contributed by atoms with Crippen LogP contribution in [0.2, 0.25) is 0 Å². The molecule has 0 unspecified atom stereocenters. The number of nitrogens with one attached hydrogen (secondary N) is 2. The summed E-state index contributed by atoms with van der Waals surface area (Å²) >= 11 is 0. The van der Waals surface area contributed by atoms with Crippen molar-refractivity contribution in [3.05, 3.63) is 29.3 Å². The highest BCUT2D eigenvalue weighted by Gasteiger charge is 2.32. The molecule has 1 heterocycles. The van der Waals surface area contributed by atoms with Gasteiger partial charge >= 0.3 is 0 Å². The number of fused-ring (bicyclic) bond motifs is 1. The first-order valence-corrected chi connectivity index (χ1v) is 10.9. The van der Waals surface area contributed by atoms with Crippen molar-refractivity contribution in [2.75, 3.05) is 13.1 Å². The Labute approximate surface area is 160 Å². The van der Waals surface area contributed by atoms with Crippen LogP contribution in [0.4, 0.5) is 0 Å². The summed E-state index contributed by atoms with van der Waals surface area (Å²) in [7, 11) is -3.54. The maximum Gasteiger partial charge on any atom is 0.243 e. The van der Waals surface area contributed by atoms with Crippen molar-refractivity contribution in [3.8, 4) is 0 Å². The molecule has 7 nitrogen and oxygen atoms in total. The molecule has 0 atom stereocenters. The molecule has 2 amide bonds. The minimum atomic E-state index is -3.54. The van der Waals surface area contributed by atoms with Crippen molar-refractivity contribution < 1.29 is 18.0 Å². The highest BCUT2D eigenvalue weighted by atomic mass is 32.2. The van der Waals surface area contributed by atoms with Gasteiger partial charge in [0.2, 0.25) is 21.8 Å². The van der Waals surface area contributed by atoms with Crippen molar-refractivity contribution in [2.45, 2.75) is 50.8 Å². The maximum atomic E-state index is 12.9. The van der Waals surface area contributed by atoms with Gasteiger partial charge in [0.25, 0.3) is 0 Å². The van der Waals surface area contributed by atoms with E-state index in [-0.39, 0.29) is 23.7 Å². The molecule has 0 radical (unpaired) electrons. The maximum absolute atomic E-state index is 12.9. The lowest BCUT2D eigenvalue weighted by atomic mass is 9.98. The summed E-state index contributed by atoms with van der Waals surface area (Å²) < 4.78 is 27.3. The highest BCUT2D eigenvalue weighted by Crippen LogP contribution is 2.28. The second kappa shape index (κ2) is 7.98. The molecule has 27 heavy (non-hydrogen) atoms. The molecular formula is C19H27N3O4S. The number of hydrogen-bond acceptors (Lipinski definition) is 4. The fourth-order valence-corrected chi connectivity index (χ4v) is 5.11. The normalized spacial score (nSPS) is 18.3. The van der Waals surface area contributed by atoms with Crippen molar-refractivity contribution in [3.63, 3.8) is 0 Å². The van der Waals surface area contributed by atoms with Crippen molar-refractivity contribution in [2.24, 2.45) is 11.8 Å². The van der Waals surface area contributed by atoms with E-state index in [0.29, 0.717) is 30.8 Å². The summed E-state index contributed by atoms with van der Waals surface area (Å²) in [5.41, 5.74) is 7.21. The van der Waals surface area contributed by atoms with E-state index in [0.717, 1.165) is 24.8 Å². The van der Waals surface area contributed by atoms with Crippen LogP contribution in [0.5, 0.6) is 0 Å². The van der Waals surface area contributed by atoms with Crippen LogP contribution < -0.4 is 10.9 Å². The first-order chi connectivity index (χ1) is 12.8. The molecule has 8 heteroatoms. The lowest BCUT2D eigenvalue weighted by Crippen LogP contribution is -2.49. The van der Waals surface area contributed by atoms with Gasteiger partial charge in [-0.2, -0.15) is 4.31 Å². The Morgan fingerprint density at radius 1 is 1.07 bits per heavy atom. The molecule has 0 saturated carbocycles. The fraction of sp³-hybridized carbons (Fsp3) is 0.579. The van der Waals surface area contributed by atoms with Crippen LogP contribution >= 0.6 is 0 Å². The summed E-state index contributed by atoms with van der Waals surface area (Å²) in [6.07, 6.45) is 3.90. The zero-order valence-corrected chi connectivity index (χ0v) is 16.6. The van der Waals surface area contributed by atoms with E-state index in [1.54, 1.807) is 26.0 Å². The minimum absolute atomic E-state index is 0.218. The zero-order chi connectivity index (χ0) is 19.6. The zero-order valence-electron chi connectivity index (χ0n) is 15.8. The van der Waals surface area contributed by atoms with Crippen molar-refractivity contribution in [1.29, 1.82) is 0 Å². The number of piperidine rings is 1. The summed E-state index contributed by atoms with van der Waals surface area (Å²) in [6, 6.07) is 5.42. The Balaban J connectivity index is 1.58. The Kier molecular flexibility index (Phi) is 5.86. The van der Waals surface area contributed by atoms with Gasteiger partial charge in [-0.15, -0.1) is 0 Å². The van der Waals surface area contributed by atoms with Crippen LogP contribution in [-0.2, 0) is 32.5 Å². The van der Waals surface area contributed by atoms with Gasteiger partial charge in [0, 0.05) is 24.9 Å². The molecule has 0 bridgehead atoms. The number of amides is 2. The van der Waals surface area contributed by atoms with Crippen LogP contribution in [0.1, 0.15) is 44.2 Å². The molecule has 3 rings (SSSR count). The molecule has 1 aliphatic heterocycles. The average molecular weight is 394 g/mol. The molecule has 1 aromatic carbocycles. The topological polar surface area (TPSA) is 95.6 Å². The molecular weight excluding hydrogens is 366 g/mol. The van der Waals surface area contributed by atoms with E-state index >= 15 is 0 Å². The second-order valence-electron chi connectivity index (χ2n) is 7.60. The second-order valence-corrected chi connectivity index (χ2v) is 9.53. The Morgan fingerprint density at radius 3 is 2.41 bits per heavy atom. The predicted octanol–water partition coefficient (Wildman–Crippen LogP) is 1.38. The van der Waals surface area contributed by atoms with E-state index in [1.807, 2.05) is 6.07 Å². The monoisotopic (exact) mass is 393 g/mol. The minimum Gasteiger partial charge on any atom is -0.273 e. The number of hydrogen-bond donors (Lipinski definition) is 2. The molecule has 1 aliphatic carbocycles. The number of benzene rings is 1. The van der Waals surface area contributed by atoms with Crippen LogP contribution in [0.3, 0.4) is 0 Å². The van der Waals surface area contributed by atoms with Crippen molar-refractivity contribution >= 4 is 21.8 Å². The van der Waals surface area contributed by atoms with Crippen LogP contribution in [0.15, 0.2) is 23.1 Å². The van der Waals surface area contributed by atoms with E-state index in [9.17, 15) is 18.0 Å². The molecule has 2 N–H and O–H groups in total. The van der Waals surface area contributed by atoms with Crippen molar-refractivity contribution in [1.82, 2.24) is 15.2 Å². The van der Waals surface area contributed by atoms with Gasteiger partial charge in [-0.1, -0.05) is 19.9 Å². The third kappa shape index (κ3) is 4.32. The number of carbonyl (C=O) groups is 2. The van der Waals surface area contributed by atoms with E-state index in [2.05, 4.69) is 10.9 Å². The summed E-state index contributed by atoms with van der Waals surface area (Å²) in [6.45, 7) is 4.08. The quantitative estimate of drug-likeness (QED) is 0.756. The molecule has 1 saturated heterocycles. The van der Waals surface area contributed by atoms with Gasteiger partial charge < -0.3 is 0 Å².